The minimum atomic E-state index is -0.0229. The van der Waals surface area contributed by atoms with Crippen LogP contribution >= 0.6 is 0 Å². The predicted octanol–water partition coefficient (Wildman–Crippen LogP) is 3.28. The molecule has 2 aliphatic carbocycles. The summed E-state index contributed by atoms with van der Waals surface area (Å²) in [5.74, 6) is 1.31. The normalized spacial score (nSPS) is 41.8. The fourth-order valence-corrected chi connectivity index (χ4v) is 4.49. The maximum atomic E-state index is 10.2. The van der Waals surface area contributed by atoms with E-state index in [0.717, 1.165) is 18.9 Å². The van der Waals surface area contributed by atoms with E-state index in [9.17, 15) is 5.11 Å². The van der Waals surface area contributed by atoms with Crippen LogP contribution < -0.4 is 0 Å². The molecule has 17 heavy (non-hydrogen) atoms. The zero-order valence-electron chi connectivity index (χ0n) is 10.9. The fraction of sp³-hybridized carbons (Fsp3) is 1.00. The van der Waals surface area contributed by atoms with Gasteiger partial charge in [0.05, 0.1) is 11.7 Å². The first-order valence-electron chi connectivity index (χ1n) is 7.61. The highest BCUT2D eigenvalue weighted by Crippen LogP contribution is 2.46. The van der Waals surface area contributed by atoms with E-state index in [1.165, 1.54) is 57.8 Å². The van der Waals surface area contributed by atoms with Gasteiger partial charge in [0.2, 0.25) is 0 Å². The van der Waals surface area contributed by atoms with Crippen LogP contribution in [0.3, 0.4) is 0 Å². The van der Waals surface area contributed by atoms with E-state index in [4.69, 9.17) is 4.74 Å². The molecule has 0 bridgehead atoms. The second-order valence-corrected chi connectivity index (χ2v) is 6.51. The number of aliphatic hydroxyl groups excluding tert-OH is 1. The molecule has 3 fully saturated rings. The SMILES string of the molecule is OC1CCCCC1C1CCOC2(CCCC2)C1. The first kappa shape index (κ1) is 12.0. The summed E-state index contributed by atoms with van der Waals surface area (Å²) in [6, 6.07) is 0. The van der Waals surface area contributed by atoms with Gasteiger partial charge in [-0.15, -0.1) is 0 Å². The number of rotatable bonds is 1. The lowest BCUT2D eigenvalue weighted by atomic mass is 9.71. The van der Waals surface area contributed by atoms with Crippen LogP contribution in [0.5, 0.6) is 0 Å². The zero-order chi connectivity index (χ0) is 11.7. The summed E-state index contributed by atoms with van der Waals surface area (Å²) < 4.78 is 6.10. The van der Waals surface area contributed by atoms with Gasteiger partial charge in [0.15, 0.2) is 0 Å². The van der Waals surface area contributed by atoms with Crippen LogP contribution in [0, 0.1) is 11.8 Å². The lowest BCUT2D eigenvalue weighted by Crippen LogP contribution is -2.42. The summed E-state index contributed by atoms with van der Waals surface area (Å²) in [6.07, 6.45) is 12.5. The van der Waals surface area contributed by atoms with E-state index in [2.05, 4.69) is 0 Å². The molecule has 1 N–H and O–H groups in total. The van der Waals surface area contributed by atoms with Crippen LogP contribution in [0.4, 0.5) is 0 Å². The van der Waals surface area contributed by atoms with Crippen molar-refractivity contribution in [1.82, 2.24) is 0 Å². The Kier molecular flexibility index (Phi) is 3.45. The maximum Gasteiger partial charge on any atom is 0.0685 e. The zero-order valence-corrected chi connectivity index (χ0v) is 10.9. The molecule has 2 heteroatoms. The quantitative estimate of drug-likeness (QED) is 0.759. The van der Waals surface area contributed by atoms with Gasteiger partial charge in [-0.2, -0.15) is 0 Å². The van der Waals surface area contributed by atoms with Crippen molar-refractivity contribution < 1.29 is 9.84 Å². The molecule has 3 unspecified atom stereocenters. The fourth-order valence-electron chi connectivity index (χ4n) is 4.49. The molecule has 0 amide bonds. The third kappa shape index (κ3) is 2.39. The van der Waals surface area contributed by atoms with Crippen molar-refractivity contribution in [3.63, 3.8) is 0 Å². The third-order valence-electron chi connectivity index (χ3n) is 5.43. The first-order valence-corrected chi connectivity index (χ1v) is 7.61. The van der Waals surface area contributed by atoms with Gasteiger partial charge >= 0.3 is 0 Å². The molecular weight excluding hydrogens is 212 g/mol. The number of ether oxygens (including phenoxy) is 1. The largest absolute Gasteiger partial charge is 0.393 e. The van der Waals surface area contributed by atoms with E-state index in [-0.39, 0.29) is 11.7 Å². The standard InChI is InChI=1S/C15H26O2/c16-14-6-2-1-5-13(14)12-7-10-17-15(11-12)8-3-4-9-15/h12-14,16H,1-11H2. The summed E-state index contributed by atoms with van der Waals surface area (Å²) in [5, 5.41) is 10.2. The molecule has 0 aromatic heterocycles. The van der Waals surface area contributed by atoms with Crippen molar-refractivity contribution in [2.75, 3.05) is 6.61 Å². The summed E-state index contributed by atoms with van der Waals surface area (Å²) in [6.45, 7) is 0.938. The molecule has 2 saturated carbocycles. The van der Waals surface area contributed by atoms with E-state index in [1.54, 1.807) is 0 Å². The van der Waals surface area contributed by atoms with Crippen molar-refractivity contribution in [2.24, 2.45) is 11.8 Å². The third-order valence-corrected chi connectivity index (χ3v) is 5.43. The average molecular weight is 238 g/mol. The monoisotopic (exact) mass is 238 g/mol. The number of aliphatic hydroxyl groups is 1. The topological polar surface area (TPSA) is 29.5 Å². The van der Waals surface area contributed by atoms with Crippen molar-refractivity contribution in [3.05, 3.63) is 0 Å². The Morgan fingerprint density at radius 3 is 2.47 bits per heavy atom. The van der Waals surface area contributed by atoms with Crippen LogP contribution in [0.2, 0.25) is 0 Å². The maximum absolute atomic E-state index is 10.2. The van der Waals surface area contributed by atoms with Crippen molar-refractivity contribution >= 4 is 0 Å². The molecule has 0 aromatic carbocycles. The Morgan fingerprint density at radius 1 is 0.941 bits per heavy atom. The molecule has 1 saturated heterocycles. The second-order valence-electron chi connectivity index (χ2n) is 6.51. The van der Waals surface area contributed by atoms with Gasteiger partial charge in [-0.3, -0.25) is 0 Å². The van der Waals surface area contributed by atoms with Gasteiger partial charge in [-0.25, -0.2) is 0 Å². The average Bonchev–Trinajstić information content (AvgIpc) is 2.78. The first-order chi connectivity index (χ1) is 8.29. The molecular formula is C15H26O2. The van der Waals surface area contributed by atoms with Crippen LogP contribution in [0.15, 0.2) is 0 Å². The lowest BCUT2D eigenvalue weighted by Gasteiger charge is -2.43. The Hall–Kier alpha value is -0.0800. The molecule has 3 aliphatic rings. The summed E-state index contributed by atoms with van der Waals surface area (Å²) in [4.78, 5) is 0. The summed E-state index contributed by atoms with van der Waals surface area (Å²) in [5.41, 5.74) is 0.222. The summed E-state index contributed by atoms with van der Waals surface area (Å²) in [7, 11) is 0. The Labute approximate surface area is 105 Å². The van der Waals surface area contributed by atoms with Crippen LogP contribution in [0.25, 0.3) is 0 Å². The Balaban J connectivity index is 1.66. The molecule has 3 atom stereocenters. The molecule has 1 aliphatic heterocycles. The van der Waals surface area contributed by atoms with Crippen molar-refractivity contribution in [3.8, 4) is 0 Å². The van der Waals surface area contributed by atoms with Crippen LogP contribution in [0.1, 0.15) is 64.2 Å². The Bertz CT molecular complexity index is 258. The molecule has 0 radical (unpaired) electrons. The van der Waals surface area contributed by atoms with E-state index < -0.39 is 0 Å². The van der Waals surface area contributed by atoms with E-state index >= 15 is 0 Å². The summed E-state index contributed by atoms with van der Waals surface area (Å²) >= 11 is 0. The molecule has 0 aromatic rings. The van der Waals surface area contributed by atoms with E-state index in [1.807, 2.05) is 0 Å². The van der Waals surface area contributed by atoms with Crippen molar-refractivity contribution in [2.45, 2.75) is 75.9 Å². The second kappa shape index (κ2) is 4.89. The number of hydrogen-bond donors (Lipinski definition) is 1. The molecule has 3 rings (SSSR count). The smallest absolute Gasteiger partial charge is 0.0685 e. The minimum absolute atomic E-state index is 0.0229. The van der Waals surface area contributed by atoms with Gasteiger partial charge in [0.25, 0.3) is 0 Å². The predicted molar refractivity (Wildman–Crippen MR) is 67.8 cm³/mol. The Morgan fingerprint density at radius 2 is 1.71 bits per heavy atom. The van der Waals surface area contributed by atoms with Crippen LogP contribution in [-0.4, -0.2) is 23.4 Å². The van der Waals surface area contributed by atoms with E-state index in [0.29, 0.717) is 5.92 Å². The highest BCUT2D eigenvalue weighted by atomic mass is 16.5. The van der Waals surface area contributed by atoms with Gasteiger partial charge in [-0.1, -0.05) is 25.7 Å². The lowest BCUT2D eigenvalue weighted by molar-refractivity contribution is -0.115. The molecule has 1 heterocycles. The molecule has 98 valence electrons. The number of hydrogen-bond acceptors (Lipinski definition) is 2. The highest BCUT2D eigenvalue weighted by Gasteiger charge is 2.43. The minimum Gasteiger partial charge on any atom is -0.393 e. The van der Waals surface area contributed by atoms with Crippen molar-refractivity contribution in [1.29, 1.82) is 0 Å². The van der Waals surface area contributed by atoms with Crippen LogP contribution in [-0.2, 0) is 4.74 Å². The van der Waals surface area contributed by atoms with Gasteiger partial charge < -0.3 is 9.84 Å². The van der Waals surface area contributed by atoms with Gasteiger partial charge in [-0.05, 0) is 50.4 Å². The highest BCUT2D eigenvalue weighted by molar-refractivity contribution is 4.94. The van der Waals surface area contributed by atoms with Gasteiger partial charge in [0.1, 0.15) is 0 Å². The molecule has 2 nitrogen and oxygen atoms in total. The molecule has 1 spiro atoms. The van der Waals surface area contributed by atoms with Gasteiger partial charge in [0, 0.05) is 6.61 Å².